The van der Waals surface area contributed by atoms with Crippen molar-refractivity contribution in [3.05, 3.63) is 34.3 Å². The Hall–Kier alpha value is -1.40. The summed E-state index contributed by atoms with van der Waals surface area (Å²) >= 11 is 3.33. The van der Waals surface area contributed by atoms with Gasteiger partial charge in [-0.25, -0.2) is 0 Å². The predicted molar refractivity (Wildman–Crippen MR) is 87.7 cm³/mol. The monoisotopic (exact) mass is 368 g/mol. The Balaban J connectivity index is 1.77. The number of halogens is 1. The molecule has 0 aliphatic carbocycles. The fraction of sp³-hybridized carbons (Fsp3) is 0.500. The van der Waals surface area contributed by atoms with E-state index in [4.69, 9.17) is 4.74 Å². The summed E-state index contributed by atoms with van der Waals surface area (Å²) in [5.41, 5.74) is 0.587. The van der Waals surface area contributed by atoms with Crippen molar-refractivity contribution in [2.75, 3.05) is 19.6 Å². The molecule has 1 heterocycles. The summed E-state index contributed by atoms with van der Waals surface area (Å²) in [5, 5.41) is 2.78. The molecule has 1 aliphatic rings. The van der Waals surface area contributed by atoms with E-state index in [2.05, 4.69) is 21.2 Å². The predicted octanol–water partition coefficient (Wildman–Crippen LogP) is 2.20. The van der Waals surface area contributed by atoms with Crippen molar-refractivity contribution in [3.8, 4) is 0 Å². The minimum Gasteiger partial charge on any atom is -0.372 e. The number of rotatable bonds is 4. The SMILES string of the molecule is C[C@@H]1CN(C(=O)CCNC(=O)c2ccc(Br)cc2)C[C@@H](C)O1. The first-order valence-electron chi connectivity index (χ1n) is 7.42. The number of nitrogens with one attached hydrogen (secondary N) is 1. The minimum atomic E-state index is -0.163. The van der Waals surface area contributed by atoms with Gasteiger partial charge in [0.05, 0.1) is 12.2 Å². The highest BCUT2D eigenvalue weighted by Crippen LogP contribution is 2.12. The Morgan fingerprint density at radius 2 is 1.82 bits per heavy atom. The summed E-state index contributed by atoms with van der Waals surface area (Å²) in [6.45, 7) is 5.50. The molecule has 0 bridgehead atoms. The summed E-state index contributed by atoms with van der Waals surface area (Å²) in [4.78, 5) is 25.9. The lowest BCUT2D eigenvalue weighted by Crippen LogP contribution is -2.48. The smallest absolute Gasteiger partial charge is 0.251 e. The topological polar surface area (TPSA) is 58.6 Å². The quantitative estimate of drug-likeness (QED) is 0.886. The molecule has 0 unspecified atom stereocenters. The van der Waals surface area contributed by atoms with Gasteiger partial charge in [0, 0.05) is 36.1 Å². The number of carbonyl (C=O) groups excluding carboxylic acids is 2. The number of morpholine rings is 1. The van der Waals surface area contributed by atoms with Crippen molar-refractivity contribution in [2.24, 2.45) is 0 Å². The van der Waals surface area contributed by atoms with Crippen LogP contribution in [0.5, 0.6) is 0 Å². The minimum absolute atomic E-state index is 0.0538. The summed E-state index contributed by atoms with van der Waals surface area (Å²) < 4.78 is 6.53. The number of benzene rings is 1. The van der Waals surface area contributed by atoms with Gasteiger partial charge in [0.15, 0.2) is 0 Å². The highest BCUT2D eigenvalue weighted by atomic mass is 79.9. The second-order valence-corrected chi connectivity index (χ2v) is 6.48. The fourth-order valence-corrected chi connectivity index (χ4v) is 2.79. The molecule has 2 atom stereocenters. The molecular formula is C16H21BrN2O3. The zero-order chi connectivity index (χ0) is 16.1. The van der Waals surface area contributed by atoms with Gasteiger partial charge in [-0.05, 0) is 38.1 Å². The van der Waals surface area contributed by atoms with E-state index in [0.29, 0.717) is 31.6 Å². The van der Waals surface area contributed by atoms with Gasteiger partial charge in [-0.15, -0.1) is 0 Å². The van der Waals surface area contributed by atoms with Crippen molar-refractivity contribution in [1.29, 1.82) is 0 Å². The van der Waals surface area contributed by atoms with Crippen molar-refractivity contribution >= 4 is 27.7 Å². The number of carbonyl (C=O) groups is 2. The molecule has 1 saturated heterocycles. The lowest BCUT2D eigenvalue weighted by Gasteiger charge is -2.35. The maximum atomic E-state index is 12.2. The summed E-state index contributed by atoms with van der Waals surface area (Å²) in [5.74, 6) is -0.109. The van der Waals surface area contributed by atoms with E-state index in [0.717, 1.165) is 4.47 Å². The van der Waals surface area contributed by atoms with Crippen LogP contribution in [-0.4, -0.2) is 48.6 Å². The molecule has 2 rings (SSSR count). The van der Waals surface area contributed by atoms with Gasteiger partial charge in [0.2, 0.25) is 5.91 Å². The molecular weight excluding hydrogens is 348 g/mol. The van der Waals surface area contributed by atoms with E-state index >= 15 is 0 Å². The molecule has 22 heavy (non-hydrogen) atoms. The van der Waals surface area contributed by atoms with Crippen LogP contribution >= 0.6 is 15.9 Å². The zero-order valence-electron chi connectivity index (χ0n) is 12.8. The number of hydrogen-bond donors (Lipinski definition) is 1. The van der Waals surface area contributed by atoms with Crippen LogP contribution in [0.1, 0.15) is 30.6 Å². The largest absolute Gasteiger partial charge is 0.372 e. The Morgan fingerprint density at radius 3 is 2.41 bits per heavy atom. The zero-order valence-corrected chi connectivity index (χ0v) is 14.4. The third kappa shape index (κ3) is 4.81. The molecule has 0 radical (unpaired) electrons. The summed E-state index contributed by atoms with van der Waals surface area (Å²) in [6, 6.07) is 7.12. The first kappa shape index (κ1) is 17.0. The van der Waals surface area contributed by atoms with Crippen LogP contribution in [0.2, 0.25) is 0 Å². The van der Waals surface area contributed by atoms with E-state index in [-0.39, 0.29) is 24.0 Å². The van der Waals surface area contributed by atoms with E-state index in [1.165, 1.54) is 0 Å². The molecule has 1 aromatic rings. The molecule has 0 saturated carbocycles. The molecule has 120 valence electrons. The van der Waals surface area contributed by atoms with Gasteiger partial charge in [-0.2, -0.15) is 0 Å². The van der Waals surface area contributed by atoms with Gasteiger partial charge >= 0.3 is 0 Å². The number of amides is 2. The van der Waals surface area contributed by atoms with Crippen LogP contribution in [0.3, 0.4) is 0 Å². The second-order valence-electron chi connectivity index (χ2n) is 5.57. The number of nitrogens with zero attached hydrogens (tertiary/aromatic N) is 1. The standard InChI is InChI=1S/C16H21BrN2O3/c1-11-9-19(10-12(2)22-11)15(20)7-8-18-16(21)13-3-5-14(17)6-4-13/h3-6,11-12H,7-10H2,1-2H3,(H,18,21)/t11-,12-/m1/s1. The average molecular weight is 369 g/mol. The molecule has 6 heteroatoms. The van der Waals surface area contributed by atoms with Crippen LogP contribution < -0.4 is 5.32 Å². The van der Waals surface area contributed by atoms with Gasteiger partial charge < -0.3 is 15.0 Å². The fourth-order valence-electron chi connectivity index (χ4n) is 2.53. The van der Waals surface area contributed by atoms with Gasteiger partial charge in [0.1, 0.15) is 0 Å². The third-order valence-electron chi connectivity index (χ3n) is 3.50. The molecule has 1 N–H and O–H groups in total. The highest BCUT2D eigenvalue weighted by Gasteiger charge is 2.25. The maximum Gasteiger partial charge on any atom is 0.251 e. The lowest BCUT2D eigenvalue weighted by atomic mass is 10.2. The Bertz CT molecular complexity index is 523. The second kappa shape index (κ2) is 7.74. The molecule has 0 aromatic heterocycles. The summed E-state index contributed by atoms with van der Waals surface area (Å²) in [6.07, 6.45) is 0.428. The molecule has 1 aromatic carbocycles. The lowest BCUT2D eigenvalue weighted by molar-refractivity contribution is -0.143. The molecule has 1 aliphatic heterocycles. The normalized spacial score (nSPS) is 21.5. The average Bonchev–Trinajstić information content (AvgIpc) is 2.46. The first-order chi connectivity index (χ1) is 10.5. The van der Waals surface area contributed by atoms with Crippen LogP contribution in [-0.2, 0) is 9.53 Å². The van der Waals surface area contributed by atoms with Crippen molar-refractivity contribution < 1.29 is 14.3 Å². The number of hydrogen-bond acceptors (Lipinski definition) is 3. The highest BCUT2D eigenvalue weighted by molar-refractivity contribution is 9.10. The van der Waals surface area contributed by atoms with Crippen LogP contribution in [0, 0.1) is 0 Å². The van der Waals surface area contributed by atoms with Crippen molar-refractivity contribution in [3.63, 3.8) is 0 Å². The Kier molecular flexibility index (Phi) is 5.97. The van der Waals surface area contributed by atoms with Gasteiger partial charge in [-0.3, -0.25) is 9.59 Å². The van der Waals surface area contributed by atoms with Gasteiger partial charge in [-0.1, -0.05) is 15.9 Å². The Labute approximate surface area is 139 Å². The Morgan fingerprint density at radius 1 is 1.23 bits per heavy atom. The van der Waals surface area contributed by atoms with Crippen molar-refractivity contribution in [1.82, 2.24) is 10.2 Å². The van der Waals surface area contributed by atoms with E-state index in [9.17, 15) is 9.59 Å². The van der Waals surface area contributed by atoms with Crippen LogP contribution in [0.25, 0.3) is 0 Å². The van der Waals surface area contributed by atoms with E-state index in [1.807, 2.05) is 30.9 Å². The van der Waals surface area contributed by atoms with Crippen molar-refractivity contribution in [2.45, 2.75) is 32.5 Å². The molecule has 2 amide bonds. The van der Waals surface area contributed by atoms with E-state index < -0.39 is 0 Å². The third-order valence-corrected chi connectivity index (χ3v) is 4.03. The maximum absolute atomic E-state index is 12.2. The molecule has 5 nitrogen and oxygen atoms in total. The first-order valence-corrected chi connectivity index (χ1v) is 8.22. The summed E-state index contributed by atoms with van der Waals surface area (Å²) in [7, 11) is 0. The van der Waals surface area contributed by atoms with E-state index in [1.54, 1.807) is 12.1 Å². The molecule has 1 fully saturated rings. The van der Waals surface area contributed by atoms with Crippen LogP contribution in [0.15, 0.2) is 28.7 Å². The molecule has 0 spiro atoms. The number of ether oxygens (including phenoxy) is 1. The van der Waals surface area contributed by atoms with Crippen LogP contribution in [0.4, 0.5) is 0 Å². The van der Waals surface area contributed by atoms with Gasteiger partial charge in [0.25, 0.3) is 5.91 Å².